The Balaban J connectivity index is 2.44. The highest BCUT2D eigenvalue weighted by Crippen LogP contribution is 2.32. The summed E-state index contributed by atoms with van der Waals surface area (Å²) in [5, 5.41) is 13.5. The topological polar surface area (TPSA) is 58.0 Å². The van der Waals surface area contributed by atoms with Crippen LogP contribution >= 0.6 is 11.3 Å². The number of nitrogens with zero attached hydrogens (tertiary/aromatic N) is 2. The number of hydrogen-bond acceptors (Lipinski definition) is 5. The highest BCUT2D eigenvalue weighted by Gasteiger charge is 2.11. The summed E-state index contributed by atoms with van der Waals surface area (Å²) in [6.07, 6.45) is 1.17. The Hall–Kier alpha value is -1.20. The molecular formula is C11H15N3OS. The SMILES string of the molecule is Cc1sc2ncnc(NC[C@@H](C)O)c2c1C. The number of aliphatic hydroxyl groups is 1. The number of hydrogen-bond donors (Lipinski definition) is 2. The van der Waals surface area contributed by atoms with Gasteiger partial charge in [-0.15, -0.1) is 11.3 Å². The fraction of sp³-hybridized carbons (Fsp3) is 0.455. The van der Waals surface area contributed by atoms with E-state index in [0.717, 1.165) is 16.0 Å². The molecule has 0 aliphatic carbocycles. The van der Waals surface area contributed by atoms with Crippen molar-refractivity contribution >= 4 is 27.4 Å². The van der Waals surface area contributed by atoms with Gasteiger partial charge in [0.2, 0.25) is 0 Å². The lowest BCUT2D eigenvalue weighted by Gasteiger charge is -2.08. The molecule has 0 spiro atoms. The van der Waals surface area contributed by atoms with Crippen LogP contribution in [0.1, 0.15) is 17.4 Å². The fourth-order valence-electron chi connectivity index (χ4n) is 1.56. The molecule has 0 aliphatic rings. The maximum absolute atomic E-state index is 9.26. The quantitative estimate of drug-likeness (QED) is 0.858. The van der Waals surface area contributed by atoms with Gasteiger partial charge in [-0.25, -0.2) is 9.97 Å². The van der Waals surface area contributed by atoms with Crippen LogP contribution < -0.4 is 5.32 Å². The monoisotopic (exact) mass is 237 g/mol. The lowest BCUT2D eigenvalue weighted by atomic mass is 10.2. The molecule has 0 unspecified atom stereocenters. The van der Waals surface area contributed by atoms with E-state index in [-0.39, 0.29) is 6.10 Å². The van der Waals surface area contributed by atoms with Gasteiger partial charge in [0, 0.05) is 11.4 Å². The molecule has 0 amide bonds. The van der Waals surface area contributed by atoms with Crippen molar-refractivity contribution in [3.63, 3.8) is 0 Å². The Bertz CT molecular complexity index is 507. The normalized spacial score (nSPS) is 13.0. The molecule has 0 saturated heterocycles. The van der Waals surface area contributed by atoms with E-state index in [1.165, 1.54) is 10.4 Å². The minimum absolute atomic E-state index is 0.384. The second kappa shape index (κ2) is 4.35. The van der Waals surface area contributed by atoms with Gasteiger partial charge in [0.1, 0.15) is 17.0 Å². The number of rotatable bonds is 3. The van der Waals surface area contributed by atoms with Crippen LogP contribution in [0.25, 0.3) is 10.2 Å². The average molecular weight is 237 g/mol. The highest BCUT2D eigenvalue weighted by molar-refractivity contribution is 7.18. The summed E-state index contributed by atoms with van der Waals surface area (Å²) in [6.45, 7) is 6.41. The van der Waals surface area contributed by atoms with Gasteiger partial charge in [-0.05, 0) is 26.3 Å². The first-order valence-corrected chi connectivity index (χ1v) is 6.04. The van der Waals surface area contributed by atoms with Crippen molar-refractivity contribution in [3.05, 3.63) is 16.8 Å². The molecule has 0 aliphatic heterocycles. The van der Waals surface area contributed by atoms with Crippen molar-refractivity contribution in [1.29, 1.82) is 0 Å². The zero-order chi connectivity index (χ0) is 11.7. The maximum Gasteiger partial charge on any atom is 0.138 e. The predicted octanol–water partition coefficient (Wildman–Crippen LogP) is 2.10. The first kappa shape index (κ1) is 11.3. The lowest BCUT2D eigenvalue weighted by molar-refractivity contribution is 0.208. The van der Waals surface area contributed by atoms with Gasteiger partial charge in [0.25, 0.3) is 0 Å². The zero-order valence-electron chi connectivity index (χ0n) is 9.61. The van der Waals surface area contributed by atoms with Crippen molar-refractivity contribution in [3.8, 4) is 0 Å². The Labute approximate surface area is 98.4 Å². The second-order valence-corrected chi connectivity index (χ2v) is 5.12. The molecule has 0 fully saturated rings. The van der Waals surface area contributed by atoms with Crippen molar-refractivity contribution in [2.24, 2.45) is 0 Å². The van der Waals surface area contributed by atoms with Gasteiger partial charge in [-0.3, -0.25) is 0 Å². The van der Waals surface area contributed by atoms with E-state index in [1.807, 2.05) is 0 Å². The molecule has 0 saturated carbocycles. The number of aryl methyl sites for hydroxylation is 2. The number of anilines is 1. The number of nitrogens with one attached hydrogen (secondary N) is 1. The molecule has 16 heavy (non-hydrogen) atoms. The average Bonchev–Trinajstić information content (AvgIpc) is 2.52. The van der Waals surface area contributed by atoms with E-state index in [4.69, 9.17) is 0 Å². The van der Waals surface area contributed by atoms with E-state index in [1.54, 1.807) is 24.6 Å². The number of aliphatic hydroxyl groups excluding tert-OH is 1. The van der Waals surface area contributed by atoms with Crippen LogP contribution in [0.4, 0.5) is 5.82 Å². The summed E-state index contributed by atoms with van der Waals surface area (Å²) in [5.41, 5.74) is 1.22. The maximum atomic E-state index is 9.26. The van der Waals surface area contributed by atoms with Gasteiger partial charge < -0.3 is 10.4 Å². The molecule has 2 aromatic rings. The Morgan fingerprint density at radius 3 is 2.88 bits per heavy atom. The molecule has 0 radical (unpaired) electrons. The third kappa shape index (κ3) is 2.01. The molecule has 2 aromatic heterocycles. The molecule has 86 valence electrons. The number of fused-ring (bicyclic) bond motifs is 1. The van der Waals surface area contributed by atoms with E-state index >= 15 is 0 Å². The van der Waals surface area contributed by atoms with Crippen LogP contribution in [-0.2, 0) is 0 Å². The summed E-state index contributed by atoms with van der Waals surface area (Å²) in [6, 6.07) is 0. The number of thiophene rings is 1. The van der Waals surface area contributed by atoms with Crippen LogP contribution in [-0.4, -0.2) is 27.7 Å². The molecule has 0 aromatic carbocycles. The molecule has 2 rings (SSSR count). The van der Waals surface area contributed by atoms with E-state index < -0.39 is 0 Å². The molecular weight excluding hydrogens is 222 g/mol. The molecule has 5 heteroatoms. The standard InChI is InChI=1S/C11H15N3OS/c1-6(15)4-12-10-9-7(2)8(3)16-11(9)14-5-13-10/h5-6,15H,4H2,1-3H3,(H,12,13,14)/t6-/m1/s1. The molecule has 1 atom stereocenters. The molecule has 2 N–H and O–H groups in total. The van der Waals surface area contributed by atoms with Crippen molar-refractivity contribution in [2.75, 3.05) is 11.9 Å². The van der Waals surface area contributed by atoms with Crippen molar-refractivity contribution < 1.29 is 5.11 Å². The van der Waals surface area contributed by atoms with Crippen molar-refractivity contribution in [1.82, 2.24) is 9.97 Å². The zero-order valence-corrected chi connectivity index (χ0v) is 10.4. The molecule has 2 heterocycles. The highest BCUT2D eigenvalue weighted by atomic mass is 32.1. The van der Waals surface area contributed by atoms with Crippen molar-refractivity contribution in [2.45, 2.75) is 26.9 Å². The summed E-state index contributed by atoms with van der Waals surface area (Å²) < 4.78 is 0. The first-order valence-electron chi connectivity index (χ1n) is 5.22. The van der Waals surface area contributed by atoms with Crippen LogP contribution in [0.2, 0.25) is 0 Å². The van der Waals surface area contributed by atoms with Crippen LogP contribution in [0.5, 0.6) is 0 Å². The minimum atomic E-state index is -0.384. The first-order chi connectivity index (χ1) is 7.59. The minimum Gasteiger partial charge on any atom is -0.392 e. The summed E-state index contributed by atoms with van der Waals surface area (Å²) >= 11 is 1.67. The van der Waals surface area contributed by atoms with Gasteiger partial charge in [0.15, 0.2) is 0 Å². The van der Waals surface area contributed by atoms with E-state index in [2.05, 4.69) is 29.1 Å². The lowest BCUT2D eigenvalue weighted by Crippen LogP contribution is -2.16. The van der Waals surface area contributed by atoms with Gasteiger partial charge >= 0.3 is 0 Å². The Morgan fingerprint density at radius 1 is 1.44 bits per heavy atom. The van der Waals surface area contributed by atoms with Crippen LogP contribution in [0, 0.1) is 13.8 Å². The smallest absolute Gasteiger partial charge is 0.138 e. The Morgan fingerprint density at radius 2 is 2.19 bits per heavy atom. The second-order valence-electron chi connectivity index (χ2n) is 3.92. The van der Waals surface area contributed by atoms with E-state index in [9.17, 15) is 5.11 Å². The molecule has 0 bridgehead atoms. The largest absolute Gasteiger partial charge is 0.392 e. The van der Waals surface area contributed by atoms with Crippen LogP contribution in [0.3, 0.4) is 0 Å². The van der Waals surface area contributed by atoms with Gasteiger partial charge in [-0.2, -0.15) is 0 Å². The third-order valence-electron chi connectivity index (χ3n) is 2.53. The number of aromatic nitrogens is 2. The molecule has 4 nitrogen and oxygen atoms in total. The fourth-order valence-corrected chi connectivity index (χ4v) is 2.56. The predicted molar refractivity (Wildman–Crippen MR) is 67.1 cm³/mol. The summed E-state index contributed by atoms with van der Waals surface area (Å²) in [4.78, 5) is 10.7. The summed E-state index contributed by atoms with van der Waals surface area (Å²) in [7, 11) is 0. The van der Waals surface area contributed by atoms with E-state index in [0.29, 0.717) is 6.54 Å². The third-order valence-corrected chi connectivity index (χ3v) is 3.65. The summed E-state index contributed by atoms with van der Waals surface area (Å²) in [5.74, 6) is 0.813. The van der Waals surface area contributed by atoms with Crippen LogP contribution in [0.15, 0.2) is 6.33 Å². The Kier molecular flexibility index (Phi) is 3.07. The van der Waals surface area contributed by atoms with Gasteiger partial charge in [0.05, 0.1) is 11.5 Å². The van der Waals surface area contributed by atoms with Gasteiger partial charge in [-0.1, -0.05) is 0 Å².